The second-order valence-electron chi connectivity index (χ2n) is 5.97. The van der Waals surface area contributed by atoms with E-state index in [2.05, 4.69) is 21.3 Å². The smallest absolute Gasteiger partial charge is 0.325 e. The fourth-order valence-corrected chi connectivity index (χ4v) is 2.51. The first-order valence-electron chi connectivity index (χ1n) is 9.36. The Bertz CT molecular complexity index is 856. The summed E-state index contributed by atoms with van der Waals surface area (Å²) in [7, 11) is 0. The van der Waals surface area contributed by atoms with Crippen molar-refractivity contribution in [1.29, 1.82) is 0 Å². The van der Waals surface area contributed by atoms with Gasteiger partial charge >= 0.3 is 24.0 Å². The molecule has 0 heterocycles. The van der Waals surface area contributed by atoms with Crippen molar-refractivity contribution in [1.82, 2.24) is 10.6 Å². The van der Waals surface area contributed by atoms with Crippen molar-refractivity contribution in [3.05, 3.63) is 36.4 Å². The second kappa shape index (κ2) is 11.2. The van der Waals surface area contributed by atoms with Gasteiger partial charge in [-0.15, -0.1) is 0 Å². The summed E-state index contributed by atoms with van der Waals surface area (Å²) in [5, 5.41) is 11.6. The molecular formula is C20H24N4O6. The number of carbonyl (C=O) groups excluding carboxylic acids is 4. The molecule has 0 atom stereocenters. The highest BCUT2D eigenvalue weighted by Gasteiger charge is 2.13. The first-order chi connectivity index (χ1) is 14.4. The molecule has 0 unspecified atom stereocenters. The molecule has 4 N–H and O–H groups in total. The number of rotatable bonds is 8. The van der Waals surface area contributed by atoms with Crippen LogP contribution in [0.1, 0.15) is 13.8 Å². The van der Waals surface area contributed by atoms with Crippen LogP contribution in [0, 0.1) is 0 Å². The standard InChI is InChI=1S/C20H24N4O6/c1-3-29-17(25)11-21-19(27)23-15-9-13-7-5-6-8-14(13)10-16(15)24-20(28)22-12-18(26)30-4-2/h5-10H,3-4,11-12H2,1-2H3,(H2,21,23,27)(H2,22,24,28). The minimum atomic E-state index is -0.645. The number of benzene rings is 2. The van der Waals surface area contributed by atoms with Crippen LogP contribution in [0.15, 0.2) is 36.4 Å². The van der Waals surface area contributed by atoms with Crippen molar-refractivity contribution in [2.24, 2.45) is 0 Å². The number of hydrogen-bond donors (Lipinski definition) is 4. The molecule has 2 aromatic carbocycles. The van der Waals surface area contributed by atoms with E-state index in [1.165, 1.54) is 0 Å². The van der Waals surface area contributed by atoms with Gasteiger partial charge in [0.25, 0.3) is 0 Å². The van der Waals surface area contributed by atoms with Crippen LogP contribution in [0.4, 0.5) is 21.0 Å². The Morgan fingerprint density at radius 3 is 1.50 bits per heavy atom. The third-order valence-corrected chi connectivity index (χ3v) is 3.78. The van der Waals surface area contributed by atoms with Crippen LogP contribution in [-0.4, -0.2) is 50.3 Å². The molecule has 0 aliphatic rings. The average molecular weight is 416 g/mol. The molecule has 0 spiro atoms. The lowest BCUT2D eigenvalue weighted by Gasteiger charge is -2.15. The molecule has 2 aromatic rings. The summed E-state index contributed by atoms with van der Waals surface area (Å²) in [5.41, 5.74) is 0.614. The first kappa shape index (κ1) is 22.5. The van der Waals surface area contributed by atoms with Gasteiger partial charge in [0.2, 0.25) is 0 Å². The highest BCUT2D eigenvalue weighted by molar-refractivity contribution is 6.04. The minimum Gasteiger partial charge on any atom is -0.465 e. The molecule has 0 radical (unpaired) electrons. The molecule has 0 saturated heterocycles. The maximum absolute atomic E-state index is 12.2. The quantitative estimate of drug-likeness (QED) is 0.487. The van der Waals surface area contributed by atoms with Crippen LogP contribution in [0.25, 0.3) is 10.8 Å². The van der Waals surface area contributed by atoms with E-state index in [0.717, 1.165) is 10.8 Å². The average Bonchev–Trinajstić information content (AvgIpc) is 2.71. The van der Waals surface area contributed by atoms with Crippen LogP contribution in [-0.2, 0) is 19.1 Å². The Hall–Kier alpha value is -3.82. The number of nitrogens with one attached hydrogen (secondary N) is 4. The fourth-order valence-electron chi connectivity index (χ4n) is 2.51. The molecule has 4 amide bonds. The van der Waals surface area contributed by atoms with E-state index < -0.39 is 24.0 Å². The molecule has 0 aliphatic heterocycles. The zero-order valence-corrected chi connectivity index (χ0v) is 16.7. The van der Waals surface area contributed by atoms with Crippen LogP contribution in [0.5, 0.6) is 0 Å². The molecule has 0 saturated carbocycles. The third-order valence-electron chi connectivity index (χ3n) is 3.78. The van der Waals surface area contributed by atoms with Crippen molar-refractivity contribution in [2.45, 2.75) is 13.8 Å². The molecule has 2 rings (SSSR count). The van der Waals surface area contributed by atoms with Crippen molar-refractivity contribution in [3.63, 3.8) is 0 Å². The molecule has 160 valence electrons. The van der Waals surface area contributed by atoms with E-state index in [9.17, 15) is 19.2 Å². The first-order valence-corrected chi connectivity index (χ1v) is 9.36. The van der Waals surface area contributed by atoms with Gasteiger partial charge in [0, 0.05) is 0 Å². The normalized spacial score (nSPS) is 10.1. The molecular weight excluding hydrogens is 392 g/mol. The lowest BCUT2D eigenvalue weighted by atomic mass is 10.1. The van der Waals surface area contributed by atoms with E-state index in [0.29, 0.717) is 11.4 Å². The number of carbonyl (C=O) groups is 4. The van der Waals surface area contributed by atoms with Gasteiger partial charge in [-0.05, 0) is 36.8 Å². The molecule has 10 nitrogen and oxygen atoms in total. The van der Waals surface area contributed by atoms with E-state index in [1.807, 2.05) is 24.3 Å². The highest BCUT2D eigenvalue weighted by Crippen LogP contribution is 2.28. The summed E-state index contributed by atoms with van der Waals surface area (Å²) in [6.07, 6.45) is 0. The van der Waals surface area contributed by atoms with Gasteiger partial charge in [-0.3, -0.25) is 9.59 Å². The maximum Gasteiger partial charge on any atom is 0.325 e. The van der Waals surface area contributed by atoms with Gasteiger partial charge in [0.05, 0.1) is 24.6 Å². The summed E-state index contributed by atoms with van der Waals surface area (Å²) in [4.78, 5) is 47.1. The van der Waals surface area contributed by atoms with E-state index >= 15 is 0 Å². The predicted octanol–water partition coefficient (Wildman–Crippen LogP) is 2.21. The van der Waals surface area contributed by atoms with Crippen LogP contribution in [0.2, 0.25) is 0 Å². The summed E-state index contributed by atoms with van der Waals surface area (Å²) in [6, 6.07) is 9.45. The molecule has 30 heavy (non-hydrogen) atoms. The van der Waals surface area contributed by atoms with Gasteiger partial charge in [-0.1, -0.05) is 24.3 Å². The third kappa shape index (κ3) is 6.97. The van der Waals surface area contributed by atoms with Gasteiger partial charge in [-0.25, -0.2) is 9.59 Å². The SMILES string of the molecule is CCOC(=O)CNC(=O)Nc1cc2ccccc2cc1NC(=O)NCC(=O)OCC. The monoisotopic (exact) mass is 416 g/mol. The minimum absolute atomic E-state index is 0.210. The summed E-state index contributed by atoms with van der Waals surface area (Å²) in [6.45, 7) is 3.16. The van der Waals surface area contributed by atoms with Crippen molar-refractivity contribution >= 4 is 46.1 Å². The van der Waals surface area contributed by atoms with Crippen LogP contribution >= 0.6 is 0 Å². The predicted molar refractivity (Wildman–Crippen MR) is 111 cm³/mol. The number of hydrogen-bond acceptors (Lipinski definition) is 6. The van der Waals surface area contributed by atoms with Crippen molar-refractivity contribution in [2.75, 3.05) is 36.9 Å². The Morgan fingerprint density at radius 1 is 0.733 bits per heavy atom. The molecule has 0 bridgehead atoms. The zero-order valence-electron chi connectivity index (χ0n) is 16.7. The molecule has 0 aliphatic carbocycles. The number of esters is 2. The lowest BCUT2D eigenvalue weighted by molar-refractivity contribution is -0.142. The largest absolute Gasteiger partial charge is 0.465 e. The highest BCUT2D eigenvalue weighted by atomic mass is 16.5. The van der Waals surface area contributed by atoms with Gasteiger partial charge < -0.3 is 30.7 Å². The van der Waals surface area contributed by atoms with Crippen LogP contribution in [0.3, 0.4) is 0 Å². The summed E-state index contributed by atoms with van der Waals surface area (Å²) >= 11 is 0. The van der Waals surface area contributed by atoms with E-state index in [-0.39, 0.29) is 26.3 Å². The molecule has 0 aromatic heterocycles. The zero-order chi connectivity index (χ0) is 21.9. The molecule has 10 heteroatoms. The van der Waals surface area contributed by atoms with E-state index in [4.69, 9.17) is 9.47 Å². The Kier molecular flexibility index (Phi) is 8.42. The Morgan fingerprint density at radius 2 is 1.13 bits per heavy atom. The van der Waals surface area contributed by atoms with Gasteiger partial charge in [0.1, 0.15) is 13.1 Å². The van der Waals surface area contributed by atoms with Crippen molar-refractivity contribution in [3.8, 4) is 0 Å². The number of urea groups is 2. The fraction of sp³-hybridized carbons (Fsp3) is 0.300. The van der Waals surface area contributed by atoms with Crippen molar-refractivity contribution < 1.29 is 28.7 Å². The summed E-state index contributed by atoms with van der Waals surface area (Å²) in [5.74, 6) is -1.13. The second-order valence-corrected chi connectivity index (χ2v) is 5.97. The van der Waals surface area contributed by atoms with E-state index in [1.54, 1.807) is 26.0 Å². The van der Waals surface area contributed by atoms with Gasteiger partial charge in [0.15, 0.2) is 0 Å². The maximum atomic E-state index is 12.2. The number of anilines is 2. The number of fused-ring (bicyclic) bond motifs is 1. The summed E-state index contributed by atoms with van der Waals surface area (Å²) < 4.78 is 9.51. The number of ether oxygens (including phenoxy) is 2. The Balaban J connectivity index is 2.12. The topological polar surface area (TPSA) is 135 Å². The van der Waals surface area contributed by atoms with Gasteiger partial charge in [-0.2, -0.15) is 0 Å². The lowest BCUT2D eigenvalue weighted by Crippen LogP contribution is -2.35. The van der Waals surface area contributed by atoms with Crippen LogP contribution < -0.4 is 21.3 Å². The number of amides is 4. The molecule has 0 fully saturated rings. The Labute approximate surface area is 173 Å².